The number of hydrogen-bond donors (Lipinski definition) is 1. The molecule has 7 heteroatoms. The van der Waals surface area contributed by atoms with E-state index in [9.17, 15) is 9.59 Å². The Bertz CT molecular complexity index is 603. The van der Waals surface area contributed by atoms with Crippen molar-refractivity contribution in [2.24, 2.45) is 5.92 Å². The van der Waals surface area contributed by atoms with Crippen LogP contribution in [0.25, 0.3) is 0 Å². The van der Waals surface area contributed by atoms with Gasteiger partial charge in [-0.15, -0.1) is 0 Å². The highest BCUT2D eigenvalue weighted by molar-refractivity contribution is 5.80. The van der Waals surface area contributed by atoms with Crippen LogP contribution in [0.1, 0.15) is 20.8 Å². The summed E-state index contributed by atoms with van der Waals surface area (Å²) in [6.45, 7) is 6.69. The number of amides is 1. The van der Waals surface area contributed by atoms with Crippen molar-refractivity contribution < 1.29 is 28.9 Å². The molecule has 1 aromatic rings. The first-order valence-corrected chi connectivity index (χ1v) is 8.37. The smallest absolute Gasteiger partial charge is 0.334 e. The number of carbonyl (C=O) groups is 2. The predicted octanol–water partition coefficient (Wildman–Crippen LogP) is 1.80. The van der Waals surface area contributed by atoms with Crippen LogP contribution in [0, 0.1) is 5.92 Å². The normalized spacial score (nSPS) is 20.4. The second kappa shape index (κ2) is 8.71. The van der Waals surface area contributed by atoms with Gasteiger partial charge >= 0.3 is 5.97 Å². The summed E-state index contributed by atoms with van der Waals surface area (Å²) in [6, 6.07) is 7.11. The number of carbonyl (C=O) groups excluding carboxylic acids is 1. The molecule has 0 bridgehead atoms. The van der Waals surface area contributed by atoms with Crippen molar-refractivity contribution in [3.63, 3.8) is 0 Å². The van der Waals surface area contributed by atoms with Crippen LogP contribution < -0.4 is 9.47 Å². The Kier molecular flexibility index (Phi) is 6.64. The Morgan fingerprint density at radius 1 is 1.28 bits per heavy atom. The minimum absolute atomic E-state index is 0.0272. The lowest BCUT2D eigenvalue weighted by Crippen LogP contribution is -2.52. The van der Waals surface area contributed by atoms with Gasteiger partial charge in [-0.3, -0.25) is 4.79 Å². The Labute approximate surface area is 147 Å². The van der Waals surface area contributed by atoms with Crippen molar-refractivity contribution in [2.45, 2.75) is 33.0 Å². The van der Waals surface area contributed by atoms with Crippen molar-refractivity contribution >= 4 is 11.9 Å². The van der Waals surface area contributed by atoms with Gasteiger partial charge in [0.1, 0.15) is 11.5 Å². The summed E-state index contributed by atoms with van der Waals surface area (Å²) in [5, 5.41) is 9.08. The molecule has 0 aliphatic carbocycles. The molecule has 1 saturated heterocycles. The molecule has 1 N–H and O–H groups in total. The third-order valence-electron chi connectivity index (χ3n) is 3.64. The summed E-state index contributed by atoms with van der Waals surface area (Å²) in [4.78, 5) is 24.9. The fourth-order valence-electron chi connectivity index (χ4n) is 2.44. The Morgan fingerprint density at radius 2 is 1.96 bits per heavy atom. The van der Waals surface area contributed by atoms with E-state index in [-0.39, 0.29) is 25.2 Å². The van der Waals surface area contributed by atoms with E-state index in [1.54, 1.807) is 25.1 Å². The van der Waals surface area contributed by atoms with E-state index >= 15 is 0 Å². The largest absolute Gasteiger partial charge is 0.493 e. The molecule has 25 heavy (non-hydrogen) atoms. The molecule has 1 aliphatic heterocycles. The second-order valence-electron chi connectivity index (χ2n) is 6.54. The van der Waals surface area contributed by atoms with Crippen LogP contribution in [0.2, 0.25) is 0 Å². The van der Waals surface area contributed by atoms with Gasteiger partial charge in [0.25, 0.3) is 5.91 Å². The van der Waals surface area contributed by atoms with Gasteiger partial charge < -0.3 is 24.2 Å². The average Bonchev–Trinajstić information content (AvgIpc) is 2.57. The number of ether oxygens (including phenoxy) is 3. The number of morpholine rings is 1. The minimum atomic E-state index is -1.07. The molecule has 7 nitrogen and oxygen atoms in total. The molecule has 0 aromatic heterocycles. The summed E-state index contributed by atoms with van der Waals surface area (Å²) in [6.07, 6.45) is -1.33. The summed E-state index contributed by atoms with van der Waals surface area (Å²) >= 11 is 0. The number of benzene rings is 1. The van der Waals surface area contributed by atoms with Crippen molar-refractivity contribution in [3.8, 4) is 11.5 Å². The second-order valence-corrected chi connectivity index (χ2v) is 6.54. The van der Waals surface area contributed by atoms with Crippen LogP contribution >= 0.6 is 0 Å². The number of rotatable bonds is 7. The lowest BCUT2D eigenvalue weighted by molar-refractivity contribution is -0.167. The van der Waals surface area contributed by atoms with E-state index in [1.165, 1.54) is 4.90 Å². The van der Waals surface area contributed by atoms with Gasteiger partial charge in [0.2, 0.25) is 0 Å². The predicted molar refractivity (Wildman–Crippen MR) is 90.8 cm³/mol. The standard InChI is InChI=1S/C18H25NO6/c1-12(2)10-23-14-5-4-6-15(7-14)24-11-17(20)19-8-13(3)25-16(9-19)18(21)22/h4-7,12-13,16H,8-11H2,1-3H3,(H,21,22)/t13-,16?/m1/s1. The highest BCUT2D eigenvalue weighted by Crippen LogP contribution is 2.20. The number of aliphatic carboxylic acids is 1. The van der Waals surface area contributed by atoms with E-state index in [0.29, 0.717) is 30.6 Å². The lowest BCUT2D eigenvalue weighted by Gasteiger charge is -2.34. The molecule has 0 saturated carbocycles. The molecule has 2 rings (SSSR count). The maximum Gasteiger partial charge on any atom is 0.334 e. The number of carboxylic acids is 1. The fourth-order valence-corrected chi connectivity index (χ4v) is 2.44. The minimum Gasteiger partial charge on any atom is -0.493 e. The first-order chi connectivity index (χ1) is 11.8. The Balaban J connectivity index is 1.89. The van der Waals surface area contributed by atoms with Gasteiger partial charge in [-0.25, -0.2) is 4.79 Å². The summed E-state index contributed by atoms with van der Waals surface area (Å²) in [7, 11) is 0. The third kappa shape index (κ3) is 5.94. The first-order valence-electron chi connectivity index (χ1n) is 8.37. The molecule has 0 radical (unpaired) electrons. The molecule has 0 spiro atoms. The Hall–Kier alpha value is -2.28. The molecule has 2 atom stereocenters. The van der Waals surface area contributed by atoms with Crippen molar-refractivity contribution in [3.05, 3.63) is 24.3 Å². The van der Waals surface area contributed by atoms with Crippen LogP contribution in [0.5, 0.6) is 11.5 Å². The van der Waals surface area contributed by atoms with Crippen molar-refractivity contribution in [1.82, 2.24) is 4.90 Å². The third-order valence-corrected chi connectivity index (χ3v) is 3.64. The SMILES string of the molecule is CC(C)COc1cccc(OCC(=O)N2CC(C(=O)O)O[C@H](C)C2)c1. The van der Waals surface area contributed by atoms with Gasteiger partial charge in [-0.05, 0) is 25.0 Å². The molecular weight excluding hydrogens is 326 g/mol. The summed E-state index contributed by atoms with van der Waals surface area (Å²) in [5.41, 5.74) is 0. The Morgan fingerprint density at radius 3 is 2.60 bits per heavy atom. The molecule has 1 unspecified atom stereocenters. The maximum atomic E-state index is 12.3. The summed E-state index contributed by atoms with van der Waals surface area (Å²) < 4.78 is 16.5. The average molecular weight is 351 g/mol. The zero-order chi connectivity index (χ0) is 18.4. The number of carboxylic acid groups (broad SMARTS) is 1. The highest BCUT2D eigenvalue weighted by atomic mass is 16.5. The molecular formula is C18H25NO6. The van der Waals surface area contributed by atoms with Crippen LogP contribution in [0.3, 0.4) is 0 Å². The van der Waals surface area contributed by atoms with E-state index in [4.69, 9.17) is 19.3 Å². The lowest BCUT2D eigenvalue weighted by atomic mass is 10.2. The van der Waals surface area contributed by atoms with Gasteiger partial charge in [0.05, 0.1) is 19.3 Å². The molecule has 138 valence electrons. The number of nitrogens with zero attached hydrogens (tertiary/aromatic N) is 1. The van der Waals surface area contributed by atoms with Gasteiger partial charge in [-0.2, -0.15) is 0 Å². The molecule has 1 heterocycles. The monoisotopic (exact) mass is 351 g/mol. The fraction of sp³-hybridized carbons (Fsp3) is 0.556. The van der Waals surface area contributed by atoms with Gasteiger partial charge in [0.15, 0.2) is 12.7 Å². The molecule has 1 amide bonds. The van der Waals surface area contributed by atoms with Crippen LogP contribution in [0.4, 0.5) is 0 Å². The van der Waals surface area contributed by atoms with E-state index in [1.807, 2.05) is 6.07 Å². The van der Waals surface area contributed by atoms with Crippen LogP contribution in [-0.2, 0) is 14.3 Å². The van der Waals surface area contributed by atoms with Crippen molar-refractivity contribution in [1.29, 1.82) is 0 Å². The molecule has 1 aromatic carbocycles. The molecule has 1 aliphatic rings. The first kappa shape index (κ1) is 19.1. The van der Waals surface area contributed by atoms with Gasteiger partial charge in [0, 0.05) is 12.6 Å². The van der Waals surface area contributed by atoms with Crippen LogP contribution in [-0.4, -0.2) is 60.4 Å². The van der Waals surface area contributed by atoms with Crippen LogP contribution in [0.15, 0.2) is 24.3 Å². The molecule has 1 fully saturated rings. The van der Waals surface area contributed by atoms with E-state index in [0.717, 1.165) is 0 Å². The number of hydrogen-bond acceptors (Lipinski definition) is 5. The quantitative estimate of drug-likeness (QED) is 0.806. The van der Waals surface area contributed by atoms with Gasteiger partial charge in [-0.1, -0.05) is 19.9 Å². The van der Waals surface area contributed by atoms with Crippen molar-refractivity contribution in [2.75, 3.05) is 26.3 Å². The maximum absolute atomic E-state index is 12.3. The zero-order valence-corrected chi connectivity index (χ0v) is 14.8. The van der Waals surface area contributed by atoms with E-state index in [2.05, 4.69) is 13.8 Å². The zero-order valence-electron chi connectivity index (χ0n) is 14.8. The summed E-state index contributed by atoms with van der Waals surface area (Å²) in [5.74, 6) is 0.294. The topological polar surface area (TPSA) is 85.3 Å². The highest BCUT2D eigenvalue weighted by Gasteiger charge is 2.32. The van der Waals surface area contributed by atoms with E-state index < -0.39 is 12.1 Å².